The van der Waals surface area contributed by atoms with E-state index in [1.807, 2.05) is 18.2 Å². The molecule has 2 atom stereocenters. The lowest BCUT2D eigenvalue weighted by Gasteiger charge is -2.08. The number of ether oxygens (including phenoxy) is 1. The van der Waals surface area contributed by atoms with Crippen LogP contribution in [-0.2, 0) is 16.1 Å². The number of carbonyl (C=O) groups excluding carboxylic acids is 1. The maximum atomic E-state index is 12.4. The van der Waals surface area contributed by atoms with E-state index in [2.05, 4.69) is 24.4 Å². The first-order chi connectivity index (χ1) is 12.0. The second kappa shape index (κ2) is 7.38. The van der Waals surface area contributed by atoms with E-state index in [1.165, 1.54) is 11.1 Å². The molecular weight excluding hydrogens is 318 g/mol. The smallest absolute Gasteiger partial charge is 0.341 e. The van der Waals surface area contributed by atoms with Crippen LogP contribution in [0.25, 0.3) is 0 Å². The molecule has 0 spiro atoms. The number of carbonyl (C=O) groups is 2. The molecule has 0 unspecified atom stereocenters. The van der Waals surface area contributed by atoms with Crippen molar-refractivity contribution >= 4 is 11.9 Å². The van der Waals surface area contributed by atoms with Crippen LogP contribution in [0.2, 0.25) is 0 Å². The Kier molecular flexibility index (Phi) is 5.03. The first-order valence-corrected chi connectivity index (χ1v) is 8.31. The van der Waals surface area contributed by atoms with Crippen molar-refractivity contribution in [1.29, 1.82) is 0 Å². The Hall–Kier alpha value is -2.82. The van der Waals surface area contributed by atoms with Crippen molar-refractivity contribution in [1.82, 2.24) is 5.32 Å². The van der Waals surface area contributed by atoms with Crippen LogP contribution in [0.15, 0.2) is 48.5 Å². The number of amides is 1. The molecule has 0 aliphatic heterocycles. The predicted octanol–water partition coefficient (Wildman–Crippen LogP) is 2.88. The van der Waals surface area contributed by atoms with Crippen molar-refractivity contribution < 1.29 is 19.4 Å². The van der Waals surface area contributed by atoms with Gasteiger partial charge in [-0.05, 0) is 48.1 Å². The maximum absolute atomic E-state index is 12.4. The molecule has 5 nitrogen and oxygen atoms in total. The molecule has 0 aromatic heterocycles. The van der Waals surface area contributed by atoms with Gasteiger partial charge in [0.25, 0.3) is 0 Å². The molecular formula is C20H21NO4. The van der Waals surface area contributed by atoms with Gasteiger partial charge in [-0.1, -0.05) is 36.4 Å². The van der Waals surface area contributed by atoms with E-state index >= 15 is 0 Å². The molecule has 0 heterocycles. The van der Waals surface area contributed by atoms with Crippen LogP contribution in [0, 0.1) is 12.8 Å². The number of aryl methyl sites for hydroxylation is 1. The second-order valence-corrected chi connectivity index (χ2v) is 6.35. The van der Waals surface area contributed by atoms with Crippen LogP contribution in [0.3, 0.4) is 0 Å². The minimum Gasteiger partial charge on any atom is -0.482 e. The number of carboxylic acids is 1. The fourth-order valence-electron chi connectivity index (χ4n) is 3.04. The second-order valence-electron chi connectivity index (χ2n) is 6.35. The van der Waals surface area contributed by atoms with E-state index in [0.29, 0.717) is 18.2 Å². The third-order valence-electron chi connectivity index (χ3n) is 4.44. The fourth-order valence-corrected chi connectivity index (χ4v) is 3.04. The minimum atomic E-state index is -1.02. The highest BCUT2D eigenvalue weighted by atomic mass is 16.5. The van der Waals surface area contributed by atoms with Gasteiger partial charge in [0.2, 0.25) is 5.91 Å². The minimum absolute atomic E-state index is 0.0348. The average molecular weight is 339 g/mol. The van der Waals surface area contributed by atoms with Gasteiger partial charge in [-0.25, -0.2) is 4.79 Å². The monoisotopic (exact) mass is 339 g/mol. The Morgan fingerprint density at radius 2 is 2.00 bits per heavy atom. The SMILES string of the molecule is Cc1ccccc1[C@@H]1C[C@H]1C(=O)NCc1cccc(OCC(=O)O)c1. The Morgan fingerprint density at radius 3 is 2.76 bits per heavy atom. The number of hydrogen-bond acceptors (Lipinski definition) is 3. The molecule has 1 saturated carbocycles. The molecule has 1 fully saturated rings. The van der Waals surface area contributed by atoms with Crippen molar-refractivity contribution in [2.24, 2.45) is 5.92 Å². The van der Waals surface area contributed by atoms with E-state index in [1.54, 1.807) is 18.2 Å². The van der Waals surface area contributed by atoms with Gasteiger partial charge >= 0.3 is 5.97 Å². The number of nitrogens with one attached hydrogen (secondary N) is 1. The third-order valence-corrected chi connectivity index (χ3v) is 4.44. The van der Waals surface area contributed by atoms with Crippen molar-refractivity contribution in [3.05, 3.63) is 65.2 Å². The fraction of sp³-hybridized carbons (Fsp3) is 0.300. The van der Waals surface area contributed by atoms with Crippen LogP contribution < -0.4 is 10.1 Å². The molecule has 2 aromatic carbocycles. The molecule has 1 aliphatic carbocycles. The maximum Gasteiger partial charge on any atom is 0.341 e. The number of hydrogen-bond donors (Lipinski definition) is 2. The van der Waals surface area contributed by atoms with Gasteiger partial charge in [-0.15, -0.1) is 0 Å². The highest BCUT2D eigenvalue weighted by Crippen LogP contribution is 2.48. The lowest BCUT2D eigenvalue weighted by molar-refractivity contribution is -0.139. The van der Waals surface area contributed by atoms with E-state index in [4.69, 9.17) is 9.84 Å². The summed E-state index contributed by atoms with van der Waals surface area (Å²) in [7, 11) is 0. The zero-order valence-corrected chi connectivity index (χ0v) is 14.1. The van der Waals surface area contributed by atoms with Gasteiger partial charge in [-0.3, -0.25) is 4.79 Å². The normalized spacial score (nSPS) is 18.4. The molecule has 0 saturated heterocycles. The topological polar surface area (TPSA) is 75.6 Å². The summed E-state index contributed by atoms with van der Waals surface area (Å²) in [6.45, 7) is 2.10. The summed E-state index contributed by atoms with van der Waals surface area (Å²) < 4.78 is 5.15. The summed E-state index contributed by atoms with van der Waals surface area (Å²) in [5, 5.41) is 11.6. The molecule has 2 aromatic rings. The summed E-state index contributed by atoms with van der Waals surface area (Å²) in [5.41, 5.74) is 3.36. The first kappa shape index (κ1) is 17.0. The average Bonchev–Trinajstić information content (AvgIpc) is 3.39. The Balaban J connectivity index is 1.53. The van der Waals surface area contributed by atoms with Crippen LogP contribution in [-0.4, -0.2) is 23.6 Å². The summed E-state index contributed by atoms with van der Waals surface area (Å²) >= 11 is 0. The van der Waals surface area contributed by atoms with Crippen LogP contribution in [0.1, 0.15) is 29.0 Å². The van der Waals surface area contributed by atoms with Crippen molar-refractivity contribution in [2.45, 2.75) is 25.8 Å². The van der Waals surface area contributed by atoms with Crippen molar-refractivity contribution in [3.63, 3.8) is 0 Å². The van der Waals surface area contributed by atoms with Gasteiger partial charge in [0, 0.05) is 12.5 Å². The highest BCUT2D eigenvalue weighted by Gasteiger charge is 2.44. The van der Waals surface area contributed by atoms with Gasteiger partial charge in [-0.2, -0.15) is 0 Å². The molecule has 0 radical (unpaired) electrons. The van der Waals surface area contributed by atoms with Crippen LogP contribution >= 0.6 is 0 Å². The van der Waals surface area contributed by atoms with Gasteiger partial charge in [0.05, 0.1) is 0 Å². The lowest BCUT2D eigenvalue weighted by atomic mass is 10.0. The van der Waals surface area contributed by atoms with E-state index < -0.39 is 5.97 Å². The Bertz CT molecular complexity index is 787. The van der Waals surface area contributed by atoms with Gasteiger partial charge in [0.1, 0.15) is 5.75 Å². The zero-order valence-electron chi connectivity index (χ0n) is 14.1. The van der Waals surface area contributed by atoms with E-state index in [9.17, 15) is 9.59 Å². The molecule has 25 heavy (non-hydrogen) atoms. The molecule has 0 bridgehead atoms. The number of benzene rings is 2. The predicted molar refractivity (Wildman–Crippen MR) is 93.4 cm³/mol. The molecule has 2 N–H and O–H groups in total. The summed E-state index contributed by atoms with van der Waals surface area (Å²) in [5.74, 6) is -0.128. The summed E-state index contributed by atoms with van der Waals surface area (Å²) in [4.78, 5) is 22.9. The molecule has 1 amide bonds. The first-order valence-electron chi connectivity index (χ1n) is 8.31. The van der Waals surface area contributed by atoms with Gasteiger partial charge < -0.3 is 15.2 Å². The molecule has 1 aliphatic rings. The van der Waals surface area contributed by atoms with E-state index in [0.717, 1.165) is 12.0 Å². The third kappa shape index (κ3) is 4.38. The number of rotatable bonds is 7. The highest BCUT2D eigenvalue weighted by molar-refractivity contribution is 5.83. The van der Waals surface area contributed by atoms with Crippen LogP contribution in [0.4, 0.5) is 0 Å². The molecule has 130 valence electrons. The summed E-state index contributed by atoms with van der Waals surface area (Å²) in [6.07, 6.45) is 0.887. The molecule has 5 heteroatoms. The van der Waals surface area contributed by atoms with Gasteiger partial charge in [0.15, 0.2) is 6.61 Å². The van der Waals surface area contributed by atoms with Crippen molar-refractivity contribution in [3.8, 4) is 5.75 Å². The number of aliphatic carboxylic acids is 1. The molecule has 3 rings (SSSR count). The summed E-state index contributed by atoms with van der Waals surface area (Å²) in [6, 6.07) is 15.3. The largest absolute Gasteiger partial charge is 0.482 e. The van der Waals surface area contributed by atoms with E-state index in [-0.39, 0.29) is 18.4 Å². The standard InChI is InChI=1S/C20H21NO4/c1-13-5-2-3-8-16(13)17-10-18(17)20(24)21-11-14-6-4-7-15(9-14)25-12-19(22)23/h2-9,17-18H,10-12H2,1H3,(H,21,24)(H,22,23)/t17-,18+/m0/s1. The Labute approximate surface area is 146 Å². The zero-order chi connectivity index (χ0) is 17.8. The quantitative estimate of drug-likeness (QED) is 0.813. The van der Waals surface area contributed by atoms with Crippen molar-refractivity contribution in [2.75, 3.05) is 6.61 Å². The van der Waals surface area contributed by atoms with Crippen LogP contribution in [0.5, 0.6) is 5.75 Å². The lowest BCUT2D eigenvalue weighted by Crippen LogP contribution is -2.25. The Morgan fingerprint density at radius 1 is 1.20 bits per heavy atom. The number of carboxylic acid groups (broad SMARTS) is 1.